The Morgan fingerprint density at radius 2 is 2.00 bits per heavy atom. The van der Waals surface area contributed by atoms with Crippen LogP contribution in [-0.2, 0) is 0 Å². The van der Waals surface area contributed by atoms with Gasteiger partial charge >= 0.3 is 0 Å². The Hall–Kier alpha value is -0.300. The molecule has 1 N–H and O–H groups in total. The standard InChI is InChI=1S/C13H25N/c1-3-7-12-8-5-6-9-13(12)11-14-10-4-2/h3,12-14H,1,4-11H2,2H3. The molecule has 0 saturated heterocycles. The Kier molecular flexibility index (Phi) is 5.93. The lowest BCUT2D eigenvalue weighted by atomic mass is 9.77. The first-order chi connectivity index (χ1) is 6.88. The van der Waals surface area contributed by atoms with E-state index in [1.165, 1.54) is 51.6 Å². The molecule has 0 radical (unpaired) electrons. The lowest BCUT2D eigenvalue weighted by Gasteiger charge is -2.31. The molecule has 0 aromatic carbocycles. The van der Waals surface area contributed by atoms with E-state index in [9.17, 15) is 0 Å². The highest BCUT2D eigenvalue weighted by molar-refractivity contribution is 4.82. The minimum Gasteiger partial charge on any atom is -0.316 e. The maximum absolute atomic E-state index is 3.87. The summed E-state index contributed by atoms with van der Waals surface area (Å²) in [5.74, 6) is 1.82. The summed E-state index contributed by atoms with van der Waals surface area (Å²) in [6.45, 7) is 8.50. The van der Waals surface area contributed by atoms with E-state index in [1.54, 1.807) is 0 Å². The lowest BCUT2D eigenvalue weighted by Crippen LogP contribution is -2.30. The minimum atomic E-state index is 0.908. The van der Waals surface area contributed by atoms with Crippen LogP contribution in [0.1, 0.15) is 45.4 Å². The summed E-state index contributed by atoms with van der Waals surface area (Å²) >= 11 is 0. The maximum atomic E-state index is 3.87. The van der Waals surface area contributed by atoms with Crippen LogP contribution in [0.3, 0.4) is 0 Å². The van der Waals surface area contributed by atoms with Gasteiger partial charge in [-0.15, -0.1) is 6.58 Å². The van der Waals surface area contributed by atoms with E-state index in [0.29, 0.717) is 0 Å². The SMILES string of the molecule is C=CCC1CCCCC1CNCCC. The van der Waals surface area contributed by atoms with Gasteiger partial charge in [-0.1, -0.05) is 25.8 Å². The molecular weight excluding hydrogens is 170 g/mol. The molecule has 1 heteroatoms. The fraction of sp³-hybridized carbons (Fsp3) is 0.846. The van der Waals surface area contributed by atoms with Gasteiger partial charge in [0.1, 0.15) is 0 Å². The normalized spacial score (nSPS) is 27.5. The molecule has 0 amide bonds. The van der Waals surface area contributed by atoms with E-state index in [4.69, 9.17) is 0 Å². The third kappa shape index (κ3) is 3.83. The second-order valence-corrected chi connectivity index (χ2v) is 4.53. The molecule has 1 fully saturated rings. The smallest absolute Gasteiger partial charge is 0.00178 e. The zero-order valence-corrected chi connectivity index (χ0v) is 9.60. The van der Waals surface area contributed by atoms with Gasteiger partial charge in [0.15, 0.2) is 0 Å². The highest BCUT2D eigenvalue weighted by atomic mass is 14.9. The summed E-state index contributed by atoms with van der Waals surface area (Å²) in [5.41, 5.74) is 0. The molecule has 1 rings (SSSR count). The van der Waals surface area contributed by atoms with Crippen LogP contribution in [-0.4, -0.2) is 13.1 Å². The molecule has 0 heterocycles. The highest BCUT2D eigenvalue weighted by Gasteiger charge is 2.23. The Morgan fingerprint density at radius 3 is 2.64 bits per heavy atom. The fourth-order valence-electron chi connectivity index (χ4n) is 2.54. The molecule has 82 valence electrons. The van der Waals surface area contributed by atoms with Gasteiger partial charge in [0, 0.05) is 0 Å². The molecule has 2 atom stereocenters. The van der Waals surface area contributed by atoms with E-state index in [1.807, 2.05) is 0 Å². The number of allylic oxidation sites excluding steroid dienone is 1. The zero-order valence-electron chi connectivity index (χ0n) is 9.60. The Labute approximate surface area is 89.0 Å². The molecule has 0 spiro atoms. The van der Waals surface area contributed by atoms with Gasteiger partial charge in [0.25, 0.3) is 0 Å². The van der Waals surface area contributed by atoms with Crippen LogP contribution in [0.2, 0.25) is 0 Å². The summed E-state index contributed by atoms with van der Waals surface area (Å²) in [6.07, 6.45) is 10.3. The summed E-state index contributed by atoms with van der Waals surface area (Å²) in [5, 5.41) is 3.56. The van der Waals surface area contributed by atoms with Gasteiger partial charge in [0.2, 0.25) is 0 Å². The Bertz CT molecular complexity index is 153. The van der Waals surface area contributed by atoms with Crippen molar-refractivity contribution < 1.29 is 0 Å². The van der Waals surface area contributed by atoms with Crippen LogP contribution in [0.5, 0.6) is 0 Å². The van der Waals surface area contributed by atoms with E-state index in [2.05, 4.69) is 24.9 Å². The van der Waals surface area contributed by atoms with Gasteiger partial charge in [0.05, 0.1) is 0 Å². The average molecular weight is 195 g/mol. The lowest BCUT2D eigenvalue weighted by molar-refractivity contribution is 0.232. The van der Waals surface area contributed by atoms with E-state index in [-0.39, 0.29) is 0 Å². The number of hydrogen-bond acceptors (Lipinski definition) is 1. The van der Waals surface area contributed by atoms with Crippen molar-refractivity contribution in [2.24, 2.45) is 11.8 Å². The molecule has 14 heavy (non-hydrogen) atoms. The molecule has 1 aliphatic rings. The first-order valence-electron chi connectivity index (χ1n) is 6.20. The van der Waals surface area contributed by atoms with Crippen molar-refractivity contribution in [1.29, 1.82) is 0 Å². The minimum absolute atomic E-state index is 0.908. The third-order valence-corrected chi connectivity index (χ3v) is 3.37. The first kappa shape index (κ1) is 11.8. The van der Waals surface area contributed by atoms with Crippen molar-refractivity contribution in [2.45, 2.75) is 45.4 Å². The highest BCUT2D eigenvalue weighted by Crippen LogP contribution is 2.31. The van der Waals surface area contributed by atoms with Crippen molar-refractivity contribution >= 4 is 0 Å². The molecule has 1 saturated carbocycles. The van der Waals surface area contributed by atoms with Gasteiger partial charge in [-0.3, -0.25) is 0 Å². The van der Waals surface area contributed by atoms with Crippen molar-refractivity contribution in [2.75, 3.05) is 13.1 Å². The quantitative estimate of drug-likeness (QED) is 0.506. The van der Waals surface area contributed by atoms with Gasteiger partial charge in [-0.25, -0.2) is 0 Å². The predicted octanol–water partition coefficient (Wildman–Crippen LogP) is 3.37. The molecule has 0 bridgehead atoms. The third-order valence-electron chi connectivity index (χ3n) is 3.37. The second kappa shape index (κ2) is 7.05. The zero-order chi connectivity index (χ0) is 10.2. The largest absolute Gasteiger partial charge is 0.316 e. The van der Waals surface area contributed by atoms with Crippen LogP contribution >= 0.6 is 0 Å². The van der Waals surface area contributed by atoms with Gasteiger partial charge in [-0.2, -0.15) is 0 Å². The molecule has 1 aliphatic carbocycles. The summed E-state index contributed by atoms with van der Waals surface area (Å²) in [4.78, 5) is 0. The predicted molar refractivity (Wildman–Crippen MR) is 63.4 cm³/mol. The Morgan fingerprint density at radius 1 is 1.29 bits per heavy atom. The van der Waals surface area contributed by atoms with Crippen LogP contribution in [0.4, 0.5) is 0 Å². The topological polar surface area (TPSA) is 12.0 Å². The summed E-state index contributed by atoms with van der Waals surface area (Å²) in [6, 6.07) is 0. The summed E-state index contributed by atoms with van der Waals surface area (Å²) in [7, 11) is 0. The van der Waals surface area contributed by atoms with Crippen molar-refractivity contribution in [1.82, 2.24) is 5.32 Å². The van der Waals surface area contributed by atoms with Crippen LogP contribution in [0, 0.1) is 11.8 Å². The van der Waals surface area contributed by atoms with Crippen LogP contribution in [0.25, 0.3) is 0 Å². The van der Waals surface area contributed by atoms with Crippen molar-refractivity contribution in [3.8, 4) is 0 Å². The monoisotopic (exact) mass is 195 g/mol. The Balaban J connectivity index is 2.26. The molecule has 0 aromatic rings. The van der Waals surface area contributed by atoms with Crippen molar-refractivity contribution in [3.63, 3.8) is 0 Å². The van der Waals surface area contributed by atoms with Crippen molar-refractivity contribution in [3.05, 3.63) is 12.7 Å². The molecule has 1 nitrogen and oxygen atoms in total. The fourth-order valence-corrected chi connectivity index (χ4v) is 2.54. The average Bonchev–Trinajstić information content (AvgIpc) is 2.21. The first-order valence-corrected chi connectivity index (χ1v) is 6.20. The van der Waals surface area contributed by atoms with E-state index in [0.717, 1.165) is 11.8 Å². The summed E-state index contributed by atoms with van der Waals surface area (Å²) < 4.78 is 0. The molecule has 0 aromatic heterocycles. The molecular formula is C13H25N. The van der Waals surface area contributed by atoms with Crippen LogP contribution in [0.15, 0.2) is 12.7 Å². The second-order valence-electron chi connectivity index (χ2n) is 4.53. The number of hydrogen-bond donors (Lipinski definition) is 1. The van der Waals surface area contributed by atoms with Gasteiger partial charge in [-0.05, 0) is 50.6 Å². The van der Waals surface area contributed by atoms with Gasteiger partial charge < -0.3 is 5.32 Å². The van der Waals surface area contributed by atoms with Crippen LogP contribution < -0.4 is 5.32 Å². The van der Waals surface area contributed by atoms with E-state index < -0.39 is 0 Å². The maximum Gasteiger partial charge on any atom is -0.00178 e. The number of rotatable bonds is 6. The number of nitrogens with one attached hydrogen (secondary N) is 1. The molecule has 0 aliphatic heterocycles. The molecule has 2 unspecified atom stereocenters. The van der Waals surface area contributed by atoms with E-state index >= 15 is 0 Å².